The normalized spacial score (nSPS) is 11.8. The van der Waals surface area contributed by atoms with Gasteiger partial charge in [-0.3, -0.25) is 24.0 Å². The minimum atomic E-state index is -0.284. The summed E-state index contributed by atoms with van der Waals surface area (Å²) in [6.07, 6.45) is 8.14. The van der Waals surface area contributed by atoms with Crippen LogP contribution in [0.3, 0.4) is 0 Å². The standard InChI is InChI=1S/C24H24O2.2C19H22O2.C18H18O3.C13H16O2/c1-3-18(2)20-11-9-19(10-12-20)17-26-23-15-13-22(14-16-23)24(25)21-7-5-4-6-8-21;1-4-14(2)17-7-5-16(6-8-17)13-21-19-11-9-18(10-12-19)15(3)20;1-4-19(2,3)14-21-17-12-10-16(11-13-17)18(20)15-8-6-5-7-9-15;1-3-13(2)18(20)21-16-11-9-15(10-12-16)17(19)14-7-5-4-6-8-14;1-3-11(2)15-13(14)10-9-12-7-5-4-6-8-12/h4-16,18H,3,17H2,1-2H3;5-12,14H,4,13H2,1-3H3;5-13H,4,14H2,1-3H3;4-13H,3H2,1-2H3;4-11H,3H2,1-2H3/b;;;;10-9+. The van der Waals surface area contributed by atoms with Crippen LogP contribution in [0.1, 0.15) is 213 Å². The Kier molecular flexibility index (Phi) is 34.4. The lowest BCUT2D eigenvalue weighted by Gasteiger charge is -2.22. The number of ether oxygens (including phenoxy) is 5. The molecule has 0 aliphatic carbocycles. The number of Topliss-reactive ketones (excluding diaryl/α,β-unsaturated/α-hetero) is 1. The summed E-state index contributed by atoms with van der Waals surface area (Å²) in [4.78, 5) is 71.1. The van der Waals surface area contributed by atoms with Crippen molar-refractivity contribution in [3.05, 3.63) is 340 Å². The van der Waals surface area contributed by atoms with Crippen LogP contribution in [-0.4, -0.2) is 47.8 Å². The Balaban J connectivity index is 0.000000206. The maximum atomic E-state index is 12.4. The Bertz CT molecular complexity index is 4210. The average Bonchev–Trinajstić information content (AvgIpc) is 0.868. The van der Waals surface area contributed by atoms with Gasteiger partial charge in [0.05, 0.1) is 18.6 Å². The molecule has 10 aromatic carbocycles. The SMILES string of the molecule is CCC(C)(C)COc1ccc(C(=O)c2ccccc2)cc1.CCC(C)C(=O)Oc1ccc(C(=O)c2ccccc2)cc1.CCC(C)OC(=O)/C=C/c1ccccc1.CCC(C)c1ccc(COc2ccc(C(=O)c3ccccc3)cc2)cc1.CCC(C)c1ccc(COc2ccc(C(C)=O)cc2)cc1. The van der Waals surface area contributed by atoms with Gasteiger partial charge in [-0.05, 0) is 194 Å². The number of ketones is 4. The lowest BCUT2D eigenvalue weighted by Crippen LogP contribution is -2.20. The molecule has 540 valence electrons. The smallest absolute Gasteiger partial charge is 0.331 e. The van der Waals surface area contributed by atoms with E-state index in [1.807, 2.05) is 198 Å². The van der Waals surface area contributed by atoms with Gasteiger partial charge in [-0.25, -0.2) is 4.79 Å². The predicted octanol–water partition coefficient (Wildman–Crippen LogP) is 22.6. The lowest BCUT2D eigenvalue weighted by molar-refractivity contribution is -0.142. The molecule has 0 saturated carbocycles. The summed E-state index contributed by atoms with van der Waals surface area (Å²) >= 11 is 0. The molecule has 0 heterocycles. The maximum absolute atomic E-state index is 12.4. The van der Waals surface area contributed by atoms with E-state index in [0.717, 1.165) is 66.0 Å². The lowest BCUT2D eigenvalue weighted by atomic mass is 9.92. The molecule has 0 N–H and O–H groups in total. The molecule has 0 fully saturated rings. The first-order chi connectivity index (χ1) is 50.1. The highest BCUT2D eigenvalue weighted by atomic mass is 16.5. The van der Waals surface area contributed by atoms with Crippen molar-refractivity contribution >= 4 is 41.1 Å². The third-order valence-electron chi connectivity index (χ3n) is 17.8. The molecule has 0 aliphatic rings. The van der Waals surface area contributed by atoms with E-state index in [4.69, 9.17) is 23.7 Å². The molecular formula is C93H102O11. The molecule has 0 aliphatic heterocycles. The van der Waals surface area contributed by atoms with Crippen molar-refractivity contribution in [2.45, 2.75) is 146 Å². The van der Waals surface area contributed by atoms with Crippen LogP contribution < -0.4 is 18.9 Å². The van der Waals surface area contributed by atoms with Crippen LogP contribution in [0, 0.1) is 11.3 Å². The summed E-state index contributed by atoms with van der Waals surface area (Å²) in [5, 5.41) is 0. The molecule has 104 heavy (non-hydrogen) atoms. The second kappa shape index (κ2) is 43.7. The quantitative estimate of drug-likeness (QED) is 0.0200. The maximum Gasteiger partial charge on any atom is 0.331 e. The van der Waals surface area contributed by atoms with Gasteiger partial charge in [-0.1, -0.05) is 239 Å². The molecule has 11 nitrogen and oxygen atoms in total. The highest BCUT2D eigenvalue weighted by Gasteiger charge is 2.18. The van der Waals surface area contributed by atoms with Crippen LogP contribution >= 0.6 is 0 Å². The number of carbonyl (C=O) groups is 6. The number of esters is 2. The minimum Gasteiger partial charge on any atom is -0.493 e. The Morgan fingerprint density at radius 1 is 0.375 bits per heavy atom. The third kappa shape index (κ3) is 28.4. The molecule has 0 aromatic heterocycles. The van der Waals surface area contributed by atoms with E-state index in [-0.39, 0.29) is 52.5 Å². The van der Waals surface area contributed by atoms with Crippen LogP contribution in [-0.2, 0) is 27.5 Å². The second-order valence-electron chi connectivity index (χ2n) is 26.4. The monoisotopic (exact) mass is 1390 g/mol. The Labute approximate surface area is 617 Å². The minimum absolute atomic E-state index is 0.0158. The van der Waals surface area contributed by atoms with Crippen molar-refractivity contribution in [2.24, 2.45) is 11.3 Å². The fourth-order valence-electron chi connectivity index (χ4n) is 9.64. The first-order valence-corrected chi connectivity index (χ1v) is 36.0. The van der Waals surface area contributed by atoms with Crippen molar-refractivity contribution < 1.29 is 52.5 Å². The molecule has 11 heteroatoms. The molecule has 0 amide bonds. The number of carbonyl (C=O) groups excluding carboxylic acids is 6. The first-order valence-electron chi connectivity index (χ1n) is 36.0. The molecule has 4 atom stereocenters. The van der Waals surface area contributed by atoms with Gasteiger partial charge < -0.3 is 23.7 Å². The van der Waals surface area contributed by atoms with Gasteiger partial charge in [0.2, 0.25) is 0 Å². The van der Waals surface area contributed by atoms with Gasteiger partial charge in [-0.15, -0.1) is 0 Å². The zero-order valence-electron chi connectivity index (χ0n) is 62.5. The van der Waals surface area contributed by atoms with E-state index in [0.29, 0.717) is 76.4 Å². The van der Waals surface area contributed by atoms with Crippen molar-refractivity contribution in [3.8, 4) is 23.0 Å². The molecule has 0 radical (unpaired) electrons. The van der Waals surface area contributed by atoms with E-state index in [1.54, 1.807) is 61.5 Å². The van der Waals surface area contributed by atoms with Crippen molar-refractivity contribution in [3.63, 3.8) is 0 Å². The first kappa shape index (κ1) is 81.9. The predicted molar refractivity (Wildman–Crippen MR) is 420 cm³/mol. The van der Waals surface area contributed by atoms with E-state index in [9.17, 15) is 28.8 Å². The zero-order chi connectivity index (χ0) is 75.2. The van der Waals surface area contributed by atoms with Gasteiger partial charge >= 0.3 is 11.9 Å². The molecular weight excluding hydrogens is 1290 g/mol. The van der Waals surface area contributed by atoms with Crippen LogP contribution in [0.4, 0.5) is 0 Å². The molecule has 0 spiro atoms. The summed E-state index contributed by atoms with van der Waals surface area (Å²) < 4.78 is 27.7. The largest absolute Gasteiger partial charge is 0.493 e. The van der Waals surface area contributed by atoms with E-state index >= 15 is 0 Å². The van der Waals surface area contributed by atoms with Gasteiger partial charge in [0.15, 0.2) is 23.1 Å². The second-order valence-corrected chi connectivity index (χ2v) is 26.4. The van der Waals surface area contributed by atoms with Crippen molar-refractivity contribution in [1.29, 1.82) is 0 Å². The molecule has 10 aromatic rings. The summed E-state index contributed by atoms with van der Waals surface area (Å²) in [6, 6.07) is 83.2. The van der Waals surface area contributed by atoms with Crippen LogP contribution in [0.5, 0.6) is 23.0 Å². The molecule has 0 saturated heterocycles. The van der Waals surface area contributed by atoms with E-state index < -0.39 is 0 Å². The fraction of sp³-hybridized carbons (Fsp3) is 0.269. The van der Waals surface area contributed by atoms with E-state index in [2.05, 4.69) is 97.0 Å². The van der Waals surface area contributed by atoms with Gasteiger partial charge in [0.25, 0.3) is 0 Å². The molecule has 10 rings (SSSR count). The fourth-order valence-corrected chi connectivity index (χ4v) is 9.64. The average molecular weight is 1400 g/mol. The number of benzene rings is 10. The number of hydrogen-bond donors (Lipinski definition) is 0. The summed E-state index contributed by atoms with van der Waals surface area (Å²) in [5.74, 6) is 3.42. The molecule has 0 bridgehead atoms. The van der Waals surface area contributed by atoms with Crippen LogP contribution in [0.15, 0.2) is 273 Å². The Morgan fingerprint density at radius 2 is 0.712 bits per heavy atom. The topological polar surface area (TPSA) is 149 Å². The van der Waals surface area contributed by atoms with Gasteiger partial charge in [-0.2, -0.15) is 0 Å². The number of hydrogen-bond acceptors (Lipinski definition) is 11. The Morgan fingerprint density at radius 3 is 1.05 bits per heavy atom. The van der Waals surface area contributed by atoms with Crippen molar-refractivity contribution in [1.82, 2.24) is 0 Å². The summed E-state index contributed by atoms with van der Waals surface area (Å²) in [7, 11) is 0. The van der Waals surface area contributed by atoms with Crippen LogP contribution in [0.25, 0.3) is 6.08 Å². The van der Waals surface area contributed by atoms with Crippen LogP contribution in [0.2, 0.25) is 0 Å². The van der Waals surface area contributed by atoms with Gasteiger partial charge in [0.1, 0.15) is 36.2 Å². The van der Waals surface area contributed by atoms with Crippen molar-refractivity contribution in [2.75, 3.05) is 6.61 Å². The highest BCUT2D eigenvalue weighted by Crippen LogP contribution is 2.26. The highest BCUT2D eigenvalue weighted by molar-refractivity contribution is 6.10. The van der Waals surface area contributed by atoms with Gasteiger partial charge in [0, 0.05) is 45.0 Å². The van der Waals surface area contributed by atoms with E-state index in [1.165, 1.54) is 17.2 Å². The Hall–Kier alpha value is -11.0. The molecule has 4 unspecified atom stereocenters. The summed E-state index contributed by atoms with van der Waals surface area (Å²) in [6.45, 7) is 26.3. The summed E-state index contributed by atoms with van der Waals surface area (Å²) in [5.41, 5.74) is 10.9. The third-order valence-corrected chi connectivity index (χ3v) is 17.8. The zero-order valence-corrected chi connectivity index (χ0v) is 62.5. The number of rotatable bonds is 28.